The Morgan fingerprint density at radius 1 is 1.37 bits per heavy atom. The Morgan fingerprint density at radius 2 is 2.00 bits per heavy atom. The van der Waals surface area contributed by atoms with Crippen molar-refractivity contribution in [2.45, 2.75) is 52.1 Å². The molecular formula is C13H19N3O2S. The van der Waals surface area contributed by atoms with Crippen LogP contribution in [0.4, 0.5) is 4.79 Å². The van der Waals surface area contributed by atoms with Crippen LogP contribution in [0.2, 0.25) is 0 Å². The van der Waals surface area contributed by atoms with Crippen molar-refractivity contribution in [2.75, 3.05) is 0 Å². The first-order valence-electron chi connectivity index (χ1n) is 6.20. The van der Waals surface area contributed by atoms with Crippen molar-refractivity contribution in [3.8, 4) is 0 Å². The van der Waals surface area contributed by atoms with Crippen molar-refractivity contribution in [1.82, 2.24) is 15.2 Å². The molecule has 1 aromatic rings. The number of rotatable bonds is 2. The average Bonchev–Trinajstić information content (AvgIpc) is 2.78. The van der Waals surface area contributed by atoms with Crippen LogP contribution in [-0.2, 0) is 16.8 Å². The summed E-state index contributed by atoms with van der Waals surface area (Å²) in [5, 5.41) is 5.20. The Labute approximate surface area is 117 Å². The molecule has 0 aliphatic carbocycles. The van der Waals surface area contributed by atoms with Gasteiger partial charge in [0, 0.05) is 10.8 Å². The smallest absolute Gasteiger partial charge is 0.304 e. The maximum absolute atomic E-state index is 11.8. The maximum Gasteiger partial charge on any atom is 0.325 e. The van der Waals surface area contributed by atoms with E-state index in [2.05, 4.69) is 31.1 Å². The summed E-state index contributed by atoms with van der Waals surface area (Å²) in [6.07, 6.45) is 0. The number of nitrogens with one attached hydrogen (secondary N) is 1. The molecule has 2 rings (SSSR count). The number of thiazole rings is 1. The van der Waals surface area contributed by atoms with Crippen molar-refractivity contribution >= 4 is 23.3 Å². The van der Waals surface area contributed by atoms with E-state index in [1.165, 1.54) is 16.2 Å². The van der Waals surface area contributed by atoms with Crippen LogP contribution in [0.1, 0.15) is 45.3 Å². The zero-order valence-corrected chi connectivity index (χ0v) is 12.7. The molecule has 1 saturated heterocycles. The molecule has 0 saturated carbocycles. The van der Waals surface area contributed by atoms with Gasteiger partial charge >= 0.3 is 6.03 Å². The van der Waals surface area contributed by atoms with Crippen molar-refractivity contribution < 1.29 is 9.59 Å². The Hall–Kier alpha value is -1.43. The fourth-order valence-corrected chi connectivity index (χ4v) is 2.84. The van der Waals surface area contributed by atoms with Crippen LogP contribution >= 0.6 is 11.3 Å². The number of aromatic nitrogens is 1. The van der Waals surface area contributed by atoms with E-state index in [1.54, 1.807) is 13.8 Å². The lowest BCUT2D eigenvalue weighted by molar-refractivity contribution is -0.125. The maximum atomic E-state index is 11.8. The van der Waals surface area contributed by atoms with Gasteiger partial charge in [-0.15, -0.1) is 11.3 Å². The lowest BCUT2D eigenvalue weighted by atomic mass is 9.93. The van der Waals surface area contributed by atoms with Crippen molar-refractivity contribution in [3.63, 3.8) is 0 Å². The molecule has 0 atom stereocenters. The van der Waals surface area contributed by atoms with Gasteiger partial charge in [-0.25, -0.2) is 9.78 Å². The summed E-state index contributed by atoms with van der Waals surface area (Å²) in [7, 11) is 0. The van der Waals surface area contributed by atoms with Crippen LogP contribution in [-0.4, -0.2) is 27.4 Å². The Balaban J connectivity index is 2.20. The zero-order valence-electron chi connectivity index (χ0n) is 11.9. The first-order valence-corrected chi connectivity index (χ1v) is 7.08. The van der Waals surface area contributed by atoms with Gasteiger partial charge < -0.3 is 4.90 Å². The number of hydrogen-bond donors (Lipinski definition) is 1. The van der Waals surface area contributed by atoms with Gasteiger partial charge in [-0.2, -0.15) is 0 Å². The molecule has 1 aliphatic heterocycles. The average molecular weight is 281 g/mol. The fraction of sp³-hybridized carbons (Fsp3) is 0.615. The highest BCUT2D eigenvalue weighted by atomic mass is 32.1. The predicted octanol–water partition coefficient (Wildman–Crippen LogP) is 2.27. The SMILES string of the molecule is CC(C)(C)c1csc(CN2C(=O)NC(=O)C2(C)C)n1. The molecule has 5 nitrogen and oxygen atoms in total. The van der Waals surface area contributed by atoms with Gasteiger partial charge in [-0.1, -0.05) is 20.8 Å². The van der Waals surface area contributed by atoms with E-state index < -0.39 is 5.54 Å². The third-order valence-corrected chi connectivity index (χ3v) is 4.14. The molecule has 0 bridgehead atoms. The molecule has 19 heavy (non-hydrogen) atoms. The van der Waals surface area contributed by atoms with Crippen LogP contribution in [0.5, 0.6) is 0 Å². The van der Waals surface area contributed by atoms with Gasteiger partial charge in [-0.3, -0.25) is 10.1 Å². The molecule has 1 aliphatic rings. The molecule has 0 radical (unpaired) electrons. The molecule has 6 heteroatoms. The molecule has 0 aromatic carbocycles. The van der Waals surface area contributed by atoms with Gasteiger partial charge in [-0.05, 0) is 13.8 Å². The van der Waals surface area contributed by atoms with Gasteiger partial charge in [0.2, 0.25) is 0 Å². The second-order valence-electron chi connectivity index (χ2n) is 6.28. The second kappa shape index (κ2) is 4.30. The highest BCUT2D eigenvalue weighted by Gasteiger charge is 2.45. The number of urea groups is 1. The molecular weight excluding hydrogens is 262 g/mol. The summed E-state index contributed by atoms with van der Waals surface area (Å²) in [6.45, 7) is 10.1. The third-order valence-electron chi connectivity index (χ3n) is 3.31. The highest BCUT2D eigenvalue weighted by Crippen LogP contribution is 2.27. The van der Waals surface area contributed by atoms with E-state index in [0.717, 1.165) is 10.7 Å². The first kappa shape index (κ1) is 14.0. The molecule has 1 fully saturated rings. The van der Waals surface area contributed by atoms with Gasteiger partial charge in [0.1, 0.15) is 10.5 Å². The standard InChI is InChI=1S/C13H19N3O2S/c1-12(2,3)8-7-19-9(14-8)6-16-11(18)15-10(17)13(16,4)5/h7H,6H2,1-5H3,(H,15,17,18). The molecule has 2 heterocycles. The van der Waals surface area contributed by atoms with E-state index in [-0.39, 0.29) is 17.4 Å². The number of nitrogens with zero attached hydrogens (tertiary/aromatic N) is 2. The van der Waals surface area contributed by atoms with Crippen molar-refractivity contribution in [3.05, 3.63) is 16.1 Å². The molecule has 0 spiro atoms. The minimum atomic E-state index is -0.815. The quantitative estimate of drug-likeness (QED) is 0.846. The minimum Gasteiger partial charge on any atom is -0.304 e. The van der Waals surface area contributed by atoms with Gasteiger partial charge in [0.25, 0.3) is 5.91 Å². The van der Waals surface area contributed by atoms with Crippen molar-refractivity contribution in [2.24, 2.45) is 0 Å². The topological polar surface area (TPSA) is 62.3 Å². The van der Waals surface area contributed by atoms with E-state index in [0.29, 0.717) is 6.54 Å². The monoisotopic (exact) mass is 281 g/mol. The summed E-state index contributed by atoms with van der Waals surface area (Å²) >= 11 is 1.52. The first-order chi connectivity index (χ1) is 8.62. The summed E-state index contributed by atoms with van der Waals surface area (Å²) in [6, 6.07) is -0.345. The van der Waals surface area contributed by atoms with Crippen LogP contribution in [0.25, 0.3) is 0 Å². The molecule has 0 unspecified atom stereocenters. The molecule has 3 amide bonds. The fourth-order valence-electron chi connectivity index (χ4n) is 1.83. The zero-order chi connectivity index (χ0) is 14.4. The van der Waals surface area contributed by atoms with Gasteiger partial charge in [0.15, 0.2) is 0 Å². The summed E-state index contributed by atoms with van der Waals surface area (Å²) in [4.78, 5) is 29.5. The lowest BCUT2D eigenvalue weighted by Gasteiger charge is -2.26. The van der Waals surface area contributed by atoms with E-state index >= 15 is 0 Å². The highest BCUT2D eigenvalue weighted by molar-refractivity contribution is 7.09. The van der Waals surface area contributed by atoms with E-state index in [4.69, 9.17) is 0 Å². The minimum absolute atomic E-state index is 0.00659. The number of imide groups is 1. The number of carbonyl (C=O) groups excluding carboxylic acids is 2. The van der Waals surface area contributed by atoms with Crippen LogP contribution in [0.3, 0.4) is 0 Å². The lowest BCUT2D eigenvalue weighted by Crippen LogP contribution is -2.43. The molecule has 1 aromatic heterocycles. The van der Waals surface area contributed by atoms with E-state index in [9.17, 15) is 9.59 Å². The van der Waals surface area contributed by atoms with Crippen LogP contribution in [0, 0.1) is 0 Å². The van der Waals surface area contributed by atoms with Gasteiger partial charge in [0.05, 0.1) is 12.2 Å². The van der Waals surface area contributed by atoms with Crippen LogP contribution < -0.4 is 5.32 Å². The number of amides is 3. The summed E-state index contributed by atoms with van der Waals surface area (Å²) < 4.78 is 0. The molecule has 1 N–H and O–H groups in total. The predicted molar refractivity (Wildman–Crippen MR) is 74.0 cm³/mol. The number of hydrogen-bond acceptors (Lipinski definition) is 4. The third kappa shape index (κ3) is 2.49. The Morgan fingerprint density at radius 3 is 2.42 bits per heavy atom. The molecule has 104 valence electrons. The van der Waals surface area contributed by atoms with E-state index in [1.807, 2.05) is 5.38 Å². The number of carbonyl (C=O) groups is 2. The Bertz CT molecular complexity index is 528. The largest absolute Gasteiger partial charge is 0.325 e. The normalized spacial score (nSPS) is 18.9. The summed E-state index contributed by atoms with van der Waals surface area (Å²) in [5.41, 5.74) is 0.189. The second-order valence-corrected chi connectivity index (χ2v) is 7.22. The van der Waals surface area contributed by atoms with Crippen LogP contribution in [0.15, 0.2) is 5.38 Å². The Kier molecular flexibility index (Phi) is 3.16. The summed E-state index contributed by atoms with van der Waals surface area (Å²) in [5.74, 6) is -0.259. The van der Waals surface area contributed by atoms with Crippen molar-refractivity contribution in [1.29, 1.82) is 0 Å².